The molecule has 0 aliphatic carbocycles. The highest BCUT2D eigenvalue weighted by molar-refractivity contribution is 9.10. The van der Waals surface area contributed by atoms with Gasteiger partial charge in [-0.2, -0.15) is 0 Å². The van der Waals surface area contributed by atoms with E-state index in [1.807, 2.05) is 19.9 Å². The van der Waals surface area contributed by atoms with E-state index in [4.69, 9.17) is 11.6 Å². The second-order valence-corrected chi connectivity index (χ2v) is 5.59. The van der Waals surface area contributed by atoms with Crippen LogP contribution in [0.15, 0.2) is 34.8 Å². The number of benzene rings is 2. The van der Waals surface area contributed by atoms with Crippen LogP contribution >= 0.6 is 27.5 Å². The van der Waals surface area contributed by atoms with E-state index in [9.17, 15) is 10.1 Å². The van der Waals surface area contributed by atoms with Crippen LogP contribution in [-0.4, -0.2) is 4.92 Å². The summed E-state index contributed by atoms with van der Waals surface area (Å²) in [5, 5.41) is 11.8. The van der Waals surface area contributed by atoms with Crippen molar-refractivity contribution in [1.82, 2.24) is 0 Å². The number of halogens is 2. The number of nitro groups is 1. The molecular formula is C14H11BrClNO2. The predicted molar refractivity (Wildman–Crippen MR) is 80.7 cm³/mol. The van der Waals surface area contributed by atoms with Gasteiger partial charge in [-0.1, -0.05) is 33.6 Å². The van der Waals surface area contributed by atoms with E-state index in [2.05, 4.69) is 15.9 Å². The van der Waals surface area contributed by atoms with Crippen molar-refractivity contribution in [2.24, 2.45) is 0 Å². The number of hydrogen-bond donors (Lipinski definition) is 0. The predicted octanol–water partition coefficient (Wildman–Crippen LogP) is 5.29. The fourth-order valence-corrected chi connectivity index (χ4v) is 2.53. The van der Waals surface area contributed by atoms with Gasteiger partial charge in [0, 0.05) is 15.6 Å². The summed E-state index contributed by atoms with van der Waals surface area (Å²) in [6.07, 6.45) is 0. The van der Waals surface area contributed by atoms with Crippen LogP contribution in [0.2, 0.25) is 5.02 Å². The lowest BCUT2D eigenvalue weighted by Crippen LogP contribution is -1.95. The average molecular weight is 341 g/mol. The molecule has 0 amide bonds. The molecule has 0 unspecified atom stereocenters. The van der Waals surface area contributed by atoms with Crippen LogP contribution in [-0.2, 0) is 0 Å². The minimum absolute atomic E-state index is 0.0908. The molecule has 0 radical (unpaired) electrons. The Morgan fingerprint density at radius 3 is 2.42 bits per heavy atom. The first kappa shape index (κ1) is 14.0. The molecule has 0 aromatic heterocycles. The molecule has 19 heavy (non-hydrogen) atoms. The van der Waals surface area contributed by atoms with E-state index in [0.717, 1.165) is 21.2 Å². The van der Waals surface area contributed by atoms with E-state index in [-0.39, 0.29) is 10.6 Å². The molecule has 5 heteroatoms. The van der Waals surface area contributed by atoms with Crippen LogP contribution in [0.1, 0.15) is 11.1 Å². The zero-order valence-corrected chi connectivity index (χ0v) is 12.7. The second-order valence-electron chi connectivity index (χ2n) is 4.26. The standard InChI is InChI=1S/C14H11BrClNO2/c1-8-9(2)13(16)5-4-11(8)12-7-10(15)3-6-14(12)17(18)19/h3-7H,1-2H3. The van der Waals surface area contributed by atoms with Gasteiger partial charge in [-0.3, -0.25) is 10.1 Å². The monoisotopic (exact) mass is 339 g/mol. The van der Waals surface area contributed by atoms with E-state index in [1.54, 1.807) is 18.2 Å². The third-order valence-corrected chi connectivity index (χ3v) is 4.07. The van der Waals surface area contributed by atoms with Crippen LogP contribution < -0.4 is 0 Å². The maximum absolute atomic E-state index is 11.1. The smallest absolute Gasteiger partial charge is 0.258 e. The lowest BCUT2D eigenvalue weighted by atomic mass is 9.96. The van der Waals surface area contributed by atoms with Gasteiger partial charge >= 0.3 is 0 Å². The topological polar surface area (TPSA) is 43.1 Å². The first-order chi connectivity index (χ1) is 8.91. The number of nitrogens with zero attached hydrogens (tertiary/aromatic N) is 1. The lowest BCUT2D eigenvalue weighted by Gasteiger charge is -2.11. The Kier molecular flexibility index (Phi) is 3.92. The van der Waals surface area contributed by atoms with Crippen LogP contribution in [0, 0.1) is 24.0 Å². The van der Waals surface area contributed by atoms with E-state index < -0.39 is 0 Å². The first-order valence-electron chi connectivity index (χ1n) is 5.62. The normalized spacial score (nSPS) is 10.5. The maximum Gasteiger partial charge on any atom is 0.277 e. The van der Waals surface area contributed by atoms with Crippen molar-refractivity contribution in [3.8, 4) is 11.1 Å². The largest absolute Gasteiger partial charge is 0.277 e. The Morgan fingerprint density at radius 1 is 1.11 bits per heavy atom. The zero-order chi connectivity index (χ0) is 14.2. The fraction of sp³-hybridized carbons (Fsp3) is 0.143. The van der Waals surface area contributed by atoms with Crippen molar-refractivity contribution in [2.45, 2.75) is 13.8 Å². The molecule has 0 aliphatic rings. The van der Waals surface area contributed by atoms with Gasteiger partial charge in [0.1, 0.15) is 0 Å². The summed E-state index contributed by atoms with van der Waals surface area (Å²) in [5.74, 6) is 0. The van der Waals surface area contributed by atoms with Gasteiger partial charge in [-0.15, -0.1) is 0 Å². The van der Waals surface area contributed by atoms with Crippen LogP contribution in [0.25, 0.3) is 11.1 Å². The molecule has 98 valence electrons. The van der Waals surface area contributed by atoms with E-state index >= 15 is 0 Å². The molecule has 0 saturated carbocycles. The molecule has 0 N–H and O–H groups in total. The van der Waals surface area contributed by atoms with Crippen LogP contribution in [0.3, 0.4) is 0 Å². The van der Waals surface area contributed by atoms with Crippen molar-refractivity contribution >= 4 is 33.2 Å². The molecule has 0 heterocycles. The van der Waals surface area contributed by atoms with Crippen LogP contribution in [0.4, 0.5) is 5.69 Å². The minimum atomic E-state index is -0.370. The molecule has 2 aromatic carbocycles. The fourth-order valence-electron chi connectivity index (χ4n) is 1.96. The van der Waals surface area contributed by atoms with Crippen molar-refractivity contribution in [1.29, 1.82) is 0 Å². The summed E-state index contributed by atoms with van der Waals surface area (Å²) in [4.78, 5) is 10.8. The molecule has 0 spiro atoms. The number of rotatable bonds is 2. The third kappa shape index (κ3) is 2.65. The van der Waals surface area contributed by atoms with E-state index in [1.165, 1.54) is 6.07 Å². The highest BCUT2D eigenvalue weighted by Gasteiger charge is 2.18. The molecule has 0 fully saturated rings. The second kappa shape index (κ2) is 5.31. The SMILES string of the molecule is Cc1c(Cl)ccc(-c2cc(Br)ccc2[N+](=O)[O-])c1C. The van der Waals surface area contributed by atoms with Gasteiger partial charge in [0.15, 0.2) is 0 Å². The Hall–Kier alpha value is -1.39. The van der Waals surface area contributed by atoms with Crippen LogP contribution in [0.5, 0.6) is 0 Å². The Bertz CT molecular complexity index is 671. The highest BCUT2D eigenvalue weighted by Crippen LogP contribution is 2.36. The number of nitro benzene ring substituents is 1. The summed E-state index contributed by atoms with van der Waals surface area (Å²) >= 11 is 9.42. The molecule has 2 aromatic rings. The molecule has 3 nitrogen and oxygen atoms in total. The summed E-state index contributed by atoms with van der Waals surface area (Å²) in [6, 6.07) is 8.51. The third-order valence-electron chi connectivity index (χ3n) is 3.17. The van der Waals surface area contributed by atoms with Gasteiger partial charge in [-0.05, 0) is 48.7 Å². The summed E-state index contributed by atoms with van der Waals surface area (Å²) < 4.78 is 0.806. The minimum Gasteiger partial charge on any atom is -0.258 e. The van der Waals surface area contributed by atoms with Gasteiger partial charge in [-0.25, -0.2) is 0 Å². The number of hydrogen-bond acceptors (Lipinski definition) is 2. The quantitative estimate of drug-likeness (QED) is 0.550. The summed E-state index contributed by atoms with van der Waals surface area (Å²) in [5.41, 5.74) is 3.40. The summed E-state index contributed by atoms with van der Waals surface area (Å²) in [7, 11) is 0. The van der Waals surface area contributed by atoms with E-state index in [0.29, 0.717) is 10.6 Å². The summed E-state index contributed by atoms with van der Waals surface area (Å²) in [6.45, 7) is 3.83. The maximum atomic E-state index is 11.1. The first-order valence-corrected chi connectivity index (χ1v) is 6.79. The Labute approximate surface area is 124 Å². The van der Waals surface area contributed by atoms with Crippen molar-refractivity contribution in [3.63, 3.8) is 0 Å². The molecule has 2 rings (SSSR count). The van der Waals surface area contributed by atoms with Crippen molar-refractivity contribution in [3.05, 3.63) is 61.1 Å². The van der Waals surface area contributed by atoms with Gasteiger partial charge < -0.3 is 0 Å². The van der Waals surface area contributed by atoms with Gasteiger partial charge in [0.2, 0.25) is 0 Å². The Balaban J connectivity index is 2.75. The molecular weight excluding hydrogens is 330 g/mol. The van der Waals surface area contributed by atoms with Gasteiger partial charge in [0.05, 0.1) is 10.5 Å². The molecule has 0 atom stereocenters. The Morgan fingerprint density at radius 2 is 1.79 bits per heavy atom. The average Bonchev–Trinajstić information content (AvgIpc) is 2.35. The zero-order valence-electron chi connectivity index (χ0n) is 10.4. The lowest BCUT2D eigenvalue weighted by molar-refractivity contribution is -0.384. The highest BCUT2D eigenvalue weighted by atomic mass is 79.9. The molecule has 0 bridgehead atoms. The van der Waals surface area contributed by atoms with Gasteiger partial charge in [0.25, 0.3) is 5.69 Å². The molecule has 0 saturated heterocycles. The van der Waals surface area contributed by atoms with Crippen molar-refractivity contribution < 1.29 is 4.92 Å². The molecule has 0 aliphatic heterocycles. The van der Waals surface area contributed by atoms with Crippen molar-refractivity contribution in [2.75, 3.05) is 0 Å².